The van der Waals surface area contributed by atoms with Crippen molar-refractivity contribution in [1.29, 1.82) is 0 Å². The van der Waals surface area contributed by atoms with Crippen LogP contribution in [0.1, 0.15) is 15.9 Å². The number of piperazine rings is 1. The first-order chi connectivity index (χ1) is 13.6. The lowest BCUT2D eigenvalue weighted by Crippen LogP contribution is -2.45. The van der Waals surface area contributed by atoms with Gasteiger partial charge in [0.2, 0.25) is 0 Å². The zero-order chi connectivity index (χ0) is 19.5. The van der Waals surface area contributed by atoms with Gasteiger partial charge in [0.25, 0.3) is 5.91 Å². The molecular formula is C21H24FN5O. The summed E-state index contributed by atoms with van der Waals surface area (Å²) in [5, 5.41) is 11.0. The molecule has 2 N–H and O–H groups in total. The lowest BCUT2D eigenvalue weighted by Gasteiger charge is -2.35. The summed E-state index contributed by atoms with van der Waals surface area (Å²) in [5.41, 5.74) is 3.28. The number of nitrogens with one attached hydrogen (secondary N) is 2. The Morgan fingerprint density at radius 2 is 2.00 bits per heavy atom. The molecular weight excluding hydrogens is 357 g/mol. The van der Waals surface area contributed by atoms with Gasteiger partial charge in [-0.2, -0.15) is 5.10 Å². The van der Waals surface area contributed by atoms with E-state index >= 15 is 0 Å². The van der Waals surface area contributed by atoms with E-state index in [1.54, 1.807) is 12.3 Å². The number of fused-ring (bicyclic) bond motifs is 1. The number of H-pyrrole nitrogens is 1. The van der Waals surface area contributed by atoms with Crippen LogP contribution in [0.2, 0.25) is 0 Å². The summed E-state index contributed by atoms with van der Waals surface area (Å²) in [6.07, 6.45) is 2.48. The molecule has 28 heavy (non-hydrogen) atoms. The molecule has 6 nitrogen and oxygen atoms in total. The van der Waals surface area contributed by atoms with Crippen molar-refractivity contribution < 1.29 is 9.18 Å². The first-order valence-electron chi connectivity index (χ1n) is 9.53. The van der Waals surface area contributed by atoms with Crippen LogP contribution in [-0.2, 0) is 6.42 Å². The molecule has 7 heteroatoms. The maximum absolute atomic E-state index is 13.8. The molecule has 1 fully saturated rings. The number of benzene rings is 2. The average Bonchev–Trinajstić information content (AvgIpc) is 3.16. The number of nitrogens with zero attached hydrogens (tertiary/aromatic N) is 3. The number of carbonyl (C=O) groups is 1. The highest BCUT2D eigenvalue weighted by Gasteiger charge is 2.20. The van der Waals surface area contributed by atoms with Crippen LogP contribution in [0.25, 0.3) is 10.9 Å². The van der Waals surface area contributed by atoms with E-state index in [2.05, 4.69) is 32.4 Å². The van der Waals surface area contributed by atoms with Crippen molar-refractivity contribution in [3.8, 4) is 0 Å². The number of aromatic amines is 1. The molecule has 1 aromatic heterocycles. The van der Waals surface area contributed by atoms with Crippen LogP contribution in [0.15, 0.2) is 42.6 Å². The van der Waals surface area contributed by atoms with Crippen LogP contribution in [0, 0.1) is 5.82 Å². The third-order valence-corrected chi connectivity index (χ3v) is 5.25. The molecule has 2 aromatic carbocycles. The molecule has 0 unspecified atom stereocenters. The van der Waals surface area contributed by atoms with Gasteiger partial charge in [0.1, 0.15) is 5.82 Å². The van der Waals surface area contributed by atoms with Gasteiger partial charge in [0, 0.05) is 43.8 Å². The summed E-state index contributed by atoms with van der Waals surface area (Å²) in [4.78, 5) is 17.2. The number of halogens is 1. The van der Waals surface area contributed by atoms with Crippen LogP contribution in [0.5, 0.6) is 0 Å². The van der Waals surface area contributed by atoms with E-state index in [1.807, 2.05) is 18.2 Å². The van der Waals surface area contributed by atoms with Crippen LogP contribution >= 0.6 is 0 Å². The fourth-order valence-corrected chi connectivity index (χ4v) is 3.57. The van der Waals surface area contributed by atoms with E-state index in [0.29, 0.717) is 18.5 Å². The Labute approximate surface area is 163 Å². The first kappa shape index (κ1) is 18.4. The average molecular weight is 381 g/mol. The van der Waals surface area contributed by atoms with Gasteiger partial charge in [0.15, 0.2) is 0 Å². The molecule has 1 saturated heterocycles. The molecule has 3 aromatic rings. The summed E-state index contributed by atoms with van der Waals surface area (Å²) >= 11 is 0. The Morgan fingerprint density at radius 3 is 2.82 bits per heavy atom. The molecule has 4 rings (SSSR count). The van der Waals surface area contributed by atoms with Gasteiger partial charge >= 0.3 is 0 Å². The van der Waals surface area contributed by atoms with E-state index in [-0.39, 0.29) is 5.91 Å². The predicted molar refractivity (Wildman–Crippen MR) is 108 cm³/mol. The van der Waals surface area contributed by atoms with Crippen molar-refractivity contribution >= 4 is 22.5 Å². The van der Waals surface area contributed by atoms with Gasteiger partial charge in [-0.1, -0.05) is 12.1 Å². The molecule has 0 atom stereocenters. The third kappa shape index (κ3) is 3.99. The van der Waals surface area contributed by atoms with Crippen LogP contribution in [-0.4, -0.2) is 60.8 Å². The fourth-order valence-electron chi connectivity index (χ4n) is 3.57. The SMILES string of the molecule is CN1CCN(c2ccc(F)cc2C(=O)NCCc2ccc3cn[nH]c3c2)CC1. The molecule has 1 amide bonds. The summed E-state index contributed by atoms with van der Waals surface area (Å²) < 4.78 is 13.8. The third-order valence-electron chi connectivity index (χ3n) is 5.25. The molecule has 1 aliphatic rings. The number of rotatable bonds is 5. The van der Waals surface area contributed by atoms with E-state index in [0.717, 1.165) is 48.3 Å². The van der Waals surface area contributed by atoms with Crippen molar-refractivity contribution in [3.05, 3.63) is 59.5 Å². The topological polar surface area (TPSA) is 64.3 Å². The highest BCUT2D eigenvalue weighted by atomic mass is 19.1. The molecule has 0 radical (unpaired) electrons. The Kier molecular flexibility index (Phi) is 5.25. The molecule has 0 aliphatic carbocycles. The maximum Gasteiger partial charge on any atom is 0.253 e. The molecule has 1 aliphatic heterocycles. The Hall–Kier alpha value is -2.93. The molecule has 2 heterocycles. The quantitative estimate of drug-likeness (QED) is 0.713. The summed E-state index contributed by atoms with van der Waals surface area (Å²) in [5.74, 6) is -0.635. The minimum absolute atomic E-state index is 0.240. The number of anilines is 1. The normalized spacial score (nSPS) is 15.1. The minimum atomic E-state index is -0.396. The smallest absolute Gasteiger partial charge is 0.253 e. The van der Waals surface area contributed by atoms with E-state index < -0.39 is 5.82 Å². The van der Waals surface area contributed by atoms with E-state index in [9.17, 15) is 9.18 Å². The van der Waals surface area contributed by atoms with Gasteiger partial charge in [-0.25, -0.2) is 4.39 Å². The first-order valence-corrected chi connectivity index (χ1v) is 9.53. The van der Waals surface area contributed by atoms with Crippen molar-refractivity contribution in [3.63, 3.8) is 0 Å². The summed E-state index contributed by atoms with van der Waals surface area (Å²) in [6, 6.07) is 10.5. The van der Waals surface area contributed by atoms with Crippen molar-refractivity contribution in [2.75, 3.05) is 44.7 Å². The van der Waals surface area contributed by atoms with E-state index in [1.165, 1.54) is 12.1 Å². The predicted octanol–water partition coefficient (Wildman–Crippen LogP) is 2.43. The number of carbonyl (C=O) groups excluding carboxylic acids is 1. The van der Waals surface area contributed by atoms with Crippen LogP contribution < -0.4 is 10.2 Å². The van der Waals surface area contributed by atoms with Gasteiger partial charge in [-0.15, -0.1) is 0 Å². The van der Waals surface area contributed by atoms with Crippen LogP contribution in [0.3, 0.4) is 0 Å². The Morgan fingerprint density at radius 1 is 1.18 bits per heavy atom. The van der Waals surface area contributed by atoms with Gasteiger partial charge < -0.3 is 15.1 Å². The number of aromatic nitrogens is 2. The number of likely N-dealkylation sites (N-methyl/N-ethyl adjacent to an activating group) is 1. The standard InChI is InChI=1S/C21H24FN5O/c1-26-8-10-27(11-9-26)20-5-4-17(22)13-18(20)21(28)23-7-6-15-2-3-16-14-24-25-19(16)12-15/h2-5,12-14H,6-11H2,1H3,(H,23,28)(H,24,25). The molecule has 0 saturated carbocycles. The monoisotopic (exact) mass is 381 g/mol. The summed E-state index contributed by atoms with van der Waals surface area (Å²) in [6.45, 7) is 3.99. The largest absolute Gasteiger partial charge is 0.368 e. The lowest BCUT2D eigenvalue weighted by molar-refractivity contribution is 0.0954. The second-order valence-corrected chi connectivity index (χ2v) is 7.25. The summed E-state index contributed by atoms with van der Waals surface area (Å²) in [7, 11) is 2.08. The van der Waals surface area contributed by atoms with Gasteiger partial charge in [0.05, 0.1) is 17.3 Å². The second-order valence-electron chi connectivity index (χ2n) is 7.25. The number of hydrogen-bond acceptors (Lipinski definition) is 4. The highest BCUT2D eigenvalue weighted by Crippen LogP contribution is 2.23. The molecule has 0 bridgehead atoms. The fraction of sp³-hybridized carbons (Fsp3) is 0.333. The van der Waals surface area contributed by atoms with Gasteiger partial charge in [-0.05, 0) is 43.3 Å². The van der Waals surface area contributed by atoms with Crippen molar-refractivity contribution in [2.24, 2.45) is 0 Å². The lowest BCUT2D eigenvalue weighted by atomic mass is 10.1. The zero-order valence-electron chi connectivity index (χ0n) is 15.9. The van der Waals surface area contributed by atoms with E-state index in [4.69, 9.17) is 0 Å². The van der Waals surface area contributed by atoms with Crippen molar-refractivity contribution in [1.82, 2.24) is 20.4 Å². The van der Waals surface area contributed by atoms with Crippen molar-refractivity contribution in [2.45, 2.75) is 6.42 Å². The molecule has 146 valence electrons. The zero-order valence-corrected chi connectivity index (χ0v) is 15.9. The Balaban J connectivity index is 1.43. The second kappa shape index (κ2) is 7.98. The maximum atomic E-state index is 13.8. The minimum Gasteiger partial charge on any atom is -0.368 e. The molecule has 0 spiro atoms. The number of amides is 1. The van der Waals surface area contributed by atoms with Crippen LogP contribution in [0.4, 0.5) is 10.1 Å². The number of hydrogen-bond donors (Lipinski definition) is 2. The van der Waals surface area contributed by atoms with Gasteiger partial charge in [-0.3, -0.25) is 9.89 Å². The highest BCUT2D eigenvalue weighted by molar-refractivity contribution is 5.99. The Bertz CT molecular complexity index is 978.